The van der Waals surface area contributed by atoms with Crippen LogP contribution in [0.3, 0.4) is 0 Å². The molecule has 1 aliphatic heterocycles. The van der Waals surface area contributed by atoms with Gasteiger partial charge in [0.05, 0.1) is 18.3 Å². The number of hydrogen-bond donors (Lipinski definition) is 2. The Labute approximate surface area is 125 Å². The molecule has 105 valence electrons. The van der Waals surface area contributed by atoms with E-state index in [0.29, 0.717) is 18.7 Å². The van der Waals surface area contributed by atoms with Gasteiger partial charge in [-0.2, -0.15) is 0 Å². The second-order valence-corrected chi connectivity index (χ2v) is 4.94. The van der Waals surface area contributed by atoms with E-state index in [1.807, 2.05) is 0 Å². The van der Waals surface area contributed by atoms with Crippen LogP contribution in [0.1, 0.15) is 31.1 Å². The lowest BCUT2D eigenvalue weighted by Gasteiger charge is -2.13. The third kappa shape index (κ3) is 3.35. The summed E-state index contributed by atoms with van der Waals surface area (Å²) in [5.74, 6) is -1.12. The van der Waals surface area contributed by atoms with Gasteiger partial charge in [0.15, 0.2) is 13.8 Å². The highest BCUT2D eigenvalue weighted by molar-refractivity contribution is 6.87. The van der Waals surface area contributed by atoms with Crippen LogP contribution in [-0.4, -0.2) is 72.3 Å². The standard InChI is InChI=1S/C10H13B3N5O3/c1-5(19)9(14-13-11)7-4-18(16-15-7)6-2-8(10(20)21)17(12)3-6/h4,6,8-9,14H,2-3H2,1H3,(H,20,21). The minimum atomic E-state index is -0.971. The fourth-order valence-corrected chi connectivity index (χ4v) is 2.38. The van der Waals surface area contributed by atoms with Crippen LogP contribution in [0.15, 0.2) is 6.20 Å². The number of aromatic nitrogens is 3. The molecule has 0 aromatic carbocycles. The van der Waals surface area contributed by atoms with Gasteiger partial charge in [0.1, 0.15) is 19.0 Å². The maximum atomic E-state index is 11.5. The summed E-state index contributed by atoms with van der Waals surface area (Å²) in [6.07, 6.45) is 1.93. The van der Waals surface area contributed by atoms with Crippen LogP contribution in [0.25, 0.3) is 0 Å². The molecule has 11 heteroatoms. The maximum Gasteiger partial charge on any atom is 0.319 e. The zero-order valence-corrected chi connectivity index (χ0v) is 11.5. The van der Waals surface area contributed by atoms with Crippen molar-refractivity contribution in [1.29, 1.82) is 0 Å². The molecule has 1 aromatic heterocycles. The summed E-state index contributed by atoms with van der Waals surface area (Å²) in [6.45, 7) is 1.76. The van der Waals surface area contributed by atoms with Gasteiger partial charge < -0.3 is 15.1 Å². The molecule has 5 radical (unpaired) electrons. The molecule has 1 aliphatic rings. The van der Waals surface area contributed by atoms with Crippen molar-refractivity contribution in [2.24, 2.45) is 0 Å². The van der Waals surface area contributed by atoms with E-state index in [0.717, 1.165) is 0 Å². The average Bonchev–Trinajstić information content (AvgIpc) is 3.01. The van der Waals surface area contributed by atoms with Gasteiger partial charge in [-0.15, -0.1) is 5.10 Å². The van der Waals surface area contributed by atoms with Gasteiger partial charge in [-0.3, -0.25) is 9.59 Å². The highest BCUT2D eigenvalue weighted by atomic mass is 16.4. The van der Waals surface area contributed by atoms with Crippen LogP contribution in [0.4, 0.5) is 0 Å². The van der Waals surface area contributed by atoms with Crippen molar-refractivity contribution in [2.45, 2.75) is 31.5 Å². The van der Waals surface area contributed by atoms with E-state index in [4.69, 9.17) is 20.8 Å². The maximum absolute atomic E-state index is 11.5. The highest BCUT2D eigenvalue weighted by Crippen LogP contribution is 2.25. The molecule has 0 bridgehead atoms. The molecule has 1 saturated heterocycles. The second kappa shape index (κ2) is 6.44. The topological polar surface area (TPSA) is 100 Å². The zero-order valence-electron chi connectivity index (χ0n) is 11.5. The SMILES string of the molecule is [B][B]NC(C(C)=O)c1cn(C2CC(C(=O)O)N([B])C2)nn1. The lowest BCUT2D eigenvalue weighted by atomic mass is 9.66. The molecule has 1 aromatic rings. The molecule has 8 nitrogen and oxygen atoms in total. The number of nitrogens with one attached hydrogen (secondary N) is 1. The Morgan fingerprint density at radius 3 is 2.86 bits per heavy atom. The molecular weight excluding hydrogens is 271 g/mol. The Hall–Kier alpha value is -1.61. The number of aliphatic carboxylic acids is 1. The number of carboxylic acids is 1. The fraction of sp³-hybridized carbons (Fsp3) is 0.600. The molecule has 0 saturated carbocycles. The van der Waals surface area contributed by atoms with Crippen LogP contribution < -0.4 is 5.23 Å². The number of Topliss-reactive ketones (excluding diaryl/α,β-unsaturated/α-hetero) is 1. The molecule has 0 amide bonds. The largest absolute Gasteiger partial charge is 0.480 e. The summed E-state index contributed by atoms with van der Waals surface area (Å²) < 4.78 is 1.53. The lowest BCUT2D eigenvalue weighted by molar-refractivity contribution is -0.140. The van der Waals surface area contributed by atoms with E-state index in [2.05, 4.69) is 15.5 Å². The summed E-state index contributed by atoms with van der Waals surface area (Å²) in [5, 5.41) is 19.6. The molecule has 2 N–H and O–H groups in total. The van der Waals surface area contributed by atoms with Crippen molar-refractivity contribution in [2.75, 3.05) is 6.54 Å². The monoisotopic (exact) mass is 284 g/mol. The van der Waals surface area contributed by atoms with E-state index in [1.165, 1.54) is 23.7 Å². The van der Waals surface area contributed by atoms with Gasteiger partial charge in [-0.05, 0) is 13.3 Å². The molecular formula is C10H13B3N5O3. The summed E-state index contributed by atoms with van der Waals surface area (Å²) in [4.78, 5) is 23.8. The second-order valence-electron chi connectivity index (χ2n) is 4.94. The van der Waals surface area contributed by atoms with Gasteiger partial charge in [-0.1, -0.05) is 5.21 Å². The van der Waals surface area contributed by atoms with Crippen molar-refractivity contribution >= 4 is 34.8 Å². The summed E-state index contributed by atoms with van der Waals surface area (Å²) in [6, 6.07) is -1.62. The quantitative estimate of drug-likeness (QED) is 0.582. The number of carbonyl (C=O) groups excluding carboxylic acids is 1. The van der Waals surface area contributed by atoms with E-state index in [9.17, 15) is 9.59 Å². The predicted octanol–water partition coefficient (Wildman–Crippen LogP) is -2.02. The molecule has 2 heterocycles. The van der Waals surface area contributed by atoms with Crippen LogP contribution in [0.5, 0.6) is 0 Å². The molecule has 1 fully saturated rings. The number of nitrogens with zero attached hydrogens (tertiary/aromatic N) is 4. The third-order valence-electron chi connectivity index (χ3n) is 3.47. The van der Waals surface area contributed by atoms with Crippen LogP contribution >= 0.6 is 0 Å². The van der Waals surface area contributed by atoms with Crippen LogP contribution in [0, 0.1) is 0 Å². The number of rotatable bonds is 6. The number of hydrogen-bond acceptors (Lipinski definition) is 6. The zero-order chi connectivity index (χ0) is 15.6. The summed E-state index contributed by atoms with van der Waals surface area (Å²) in [7, 11) is 12.1. The van der Waals surface area contributed by atoms with Crippen molar-refractivity contribution in [3.63, 3.8) is 0 Å². The van der Waals surface area contributed by atoms with Crippen LogP contribution in [-0.2, 0) is 9.59 Å². The van der Waals surface area contributed by atoms with Gasteiger partial charge in [0, 0.05) is 14.3 Å². The molecule has 0 spiro atoms. The first-order chi connectivity index (χ1) is 9.93. The Bertz CT molecular complexity index is 540. The van der Waals surface area contributed by atoms with E-state index in [-0.39, 0.29) is 11.8 Å². The molecule has 21 heavy (non-hydrogen) atoms. The van der Waals surface area contributed by atoms with E-state index >= 15 is 0 Å². The van der Waals surface area contributed by atoms with Crippen molar-refractivity contribution in [3.05, 3.63) is 11.9 Å². The number of carbonyl (C=O) groups is 2. The van der Waals surface area contributed by atoms with E-state index in [1.54, 1.807) is 6.20 Å². The fourth-order valence-electron chi connectivity index (χ4n) is 2.38. The predicted molar refractivity (Wildman–Crippen MR) is 75.6 cm³/mol. The highest BCUT2D eigenvalue weighted by Gasteiger charge is 2.35. The molecule has 2 rings (SSSR count). The first-order valence-corrected chi connectivity index (χ1v) is 6.39. The summed E-state index contributed by atoms with van der Waals surface area (Å²) >= 11 is 0. The van der Waals surface area contributed by atoms with Gasteiger partial charge in [0.2, 0.25) is 0 Å². The lowest BCUT2D eigenvalue weighted by Crippen LogP contribution is -2.33. The summed E-state index contributed by atoms with van der Waals surface area (Å²) in [5.41, 5.74) is 0.423. The number of carboxylic acid groups (broad SMARTS) is 1. The van der Waals surface area contributed by atoms with Crippen molar-refractivity contribution in [3.8, 4) is 0 Å². The smallest absolute Gasteiger partial charge is 0.319 e. The Morgan fingerprint density at radius 2 is 2.33 bits per heavy atom. The van der Waals surface area contributed by atoms with Gasteiger partial charge >= 0.3 is 5.97 Å². The Balaban J connectivity index is 2.13. The average molecular weight is 284 g/mol. The van der Waals surface area contributed by atoms with Gasteiger partial charge in [-0.25, -0.2) is 4.68 Å². The van der Waals surface area contributed by atoms with Crippen molar-refractivity contribution in [1.82, 2.24) is 25.0 Å². The minimum absolute atomic E-state index is 0.154. The molecule has 3 atom stereocenters. The minimum Gasteiger partial charge on any atom is -0.480 e. The number of ketones is 1. The van der Waals surface area contributed by atoms with Crippen molar-refractivity contribution < 1.29 is 14.7 Å². The first-order valence-electron chi connectivity index (χ1n) is 6.39. The van der Waals surface area contributed by atoms with Gasteiger partial charge in [0.25, 0.3) is 0 Å². The first kappa shape index (κ1) is 15.8. The third-order valence-corrected chi connectivity index (χ3v) is 3.47. The van der Waals surface area contributed by atoms with Crippen LogP contribution in [0.2, 0.25) is 0 Å². The Kier molecular flexibility index (Phi) is 4.84. The normalized spacial score (nSPS) is 23.9. The molecule has 3 unspecified atom stereocenters. The Morgan fingerprint density at radius 1 is 1.62 bits per heavy atom. The molecule has 0 aliphatic carbocycles. The van der Waals surface area contributed by atoms with E-state index < -0.39 is 18.1 Å².